The van der Waals surface area contributed by atoms with Crippen molar-refractivity contribution in [3.8, 4) is 0 Å². The first-order valence-electron chi connectivity index (χ1n) is 3.47. The smallest absolute Gasteiger partial charge is 0.101 e. The summed E-state index contributed by atoms with van der Waals surface area (Å²) < 4.78 is 0. The van der Waals surface area contributed by atoms with Gasteiger partial charge in [0.2, 0.25) is 0 Å². The summed E-state index contributed by atoms with van der Waals surface area (Å²) in [6.07, 6.45) is 2.11. The predicted octanol–water partition coefficient (Wildman–Crippen LogP) is 2.63. The molecule has 0 aliphatic rings. The molecule has 12 heavy (non-hydrogen) atoms. The van der Waals surface area contributed by atoms with Crippen LogP contribution in [0.15, 0.2) is 34.3 Å². The van der Waals surface area contributed by atoms with E-state index in [-0.39, 0.29) is 0 Å². The topological polar surface area (TPSA) is 32.6 Å². The van der Waals surface area contributed by atoms with Crippen LogP contribution in [-0.4, -0.2) is 11.4 Å². The highest BCUT2D eigenvalue weighted by Crippen LogP contribution is 2.05. The van der Waals surface area contributed by atoms with Gasteiger partial charge in [-0.2, -0.15) is 0 Å². The molecule has 0 atom stereocenters. The van der Waals surface area contributed by atoms with Crippen molar-refractivity contribution in [2.75, 3.05) is 0 Å². The zero-order valence-electron chi connectivity index (χ0n) is 7.15. The fourth-order valence-corrected chi connectivity index (χ4v) is 0.694. The van der Waals surface area contributed by atoms with Crippen LogP contribution in [0.3, 0.4) is 0 Å². The summed E-state index contributed by atoms with van der Waals surface area (Å²) in [5, 5.41) is 9.88. The van der Waals surface area contributed by atoms with E-state index in [1.165, 1.54) is 12.5 Å². The minimum absolute atomic E-state index is 1.02. The number of hydrogen-bond acceptors (Lipinski definition) is 3. The van der Waals surface area contributed by atoms with Gasteiger partial charge in [0, 0.05) is 4.90 Å². The average Bonchev–Trinajstić information content (AvgIpc) is 2.11. The third kappa shape index (κ3) is 5.80. The molecule has 1 aromatic rings. The lowest BCUT2D eigenvalue weighted by atomic mass is 10.2. The second kappa shape index (κ2) is 6.73. The molecule has 1 N–H and O–H groups in total. The Morgan fingerprint density at radius 1 is 1.33 bits per heavy atom. The number of rotatable bonds is 0. The maximum Gasteiger partial charge on any atom is 0.101 e. The number of hydrogen-bond donors (Lipinski definition) is 2. The van der Waals surface area contributed by atoms with Crippen LogP contribution in [0.25, 0.3) is 0 Å². The van der Waals surface area contributed by atoms with Crippen LogP contribution in [-0.2, 0) is 0 Å². The van der Waals surface area contributed by atoms with E-state index in [4.69, 9.17) is 5.21 Å². The highest BCUT2D eigenvalue weighted by Gasteiger charge is 1.80. The fourth-order valence-electron chi connectivity index (χ4n) is 0.545. The normalized spacial score (nSPS) is 9.25. The molecular weight excluding hydrogens is 170 g/mol. The summed E-state index contributed by atoms with van der Waals surface area (Å²) in [5.74, 6) is 0. The Morgan fingerprint density at radius 2 is 1.75 bits per heavy atom. The van der Waals surface area contributed by atoms with Crippen molar-refractivity contribution >= 4 is 18.8 Å². The first-order chi connectivity index (χ1) is 5.70. The molecule has 0 unspecified atom stereocenters. The molecule has 0 aliphatic heterocycles. The van der Waals surface area contributed by atoms with E-state index in [2.05, 4.69) is 30.9 Å². The van der Waals surface area contributed by atoms with Crippen LogP contribution in [0, 0.1) is 6.92 Å². The van der Waals surface area contributed by atoms with Gasteiger partial charge in [0.1, 0.15) is 6.21 Å². The van der Waals surface area contributed by atoms with Gasteiger partial charge in [-0.25, -0.2) is 0 Å². The maximum absolute atomic E-state index is 7.39. The molecule has 0 aromatic heterocycles. The van der Waals surface area contributed by atoms with E-state index < -0.39 is 0 Å². The molecular formula is C9H12NOS. The molecule has 3 heteroatoms. The van der Waals surface area contributed by atoms with Gasteiger partial charge in [0.05, 0.1) is 0 Å². The largest absolute Gasteiger partial charge is 0.411 e. The molecule has 0 saturated carbocycles. The number of benzene rings is 1. The number of thiol groups is 1. The summed E-state index contributed by atoms with van der Waals surface area (Å²) in [6.45, 7) is 3.58. The van der Waals surface area contributed by atoms with Gasteiger partial charge in [-0.3, -0.25) is 0 Å². The SMILES string of the molecule is C[C]=NO.Cc1ccc(S)cc1. The van der Waals surface area contributed by atoms with Gasteiger partial charge >= 0.3 is 0 Å². The molecule has 1 rings (SSSR count). The first kappa shape index (κ1) is 11.0. The van der Waals surface area contributed by atoms with Crippen LogP contribution in [0.5, 0.6) is 0 Å². The standard InChI is InChI=1S/C7H8S.C2H4NO/c1-6-2-4-7(8)5-3-6;1-2-3-4/h2-5,8H,1H3;4H,1H3. The summed E-state index contributed by atoms with van der Waals surface area (Å²) >= 11 is 4.13. The second-order valence-electron chi connectivity index (χ2n) is 2.16. The zero-order chi connectivity index (χ0) is 9.40. The van der Waals surface area contributed by atoms with Gasteiger partial charge in [0.15, 0.2) is 0 Å². The van der Waals surface area contributed by atoms with E-state index in [9.17, 15) is 0 Å². The van der Waals surface area contributed by atoms with E-state index in [0.29, 0.717) is 0 Å². The lowest BCUT2D eigenvalue weighted by molar-refractivity contribution is 0.321. The quantitative estimate of drug-likeness (QED) is 0.275. The van der Waals surface area contributed by atoms with E-state index in [1.807, 2.05) is 24.3 Å². The van der Waals surface area contributed by atoms with Gasteiger partial charge < -0.3 is 5.21 Å². The van der Waals surface area contributed by atoms with Gasteiger partial charge in [-0.15, -0.1) is 12.6 Å². The molecule has 2 nitrogen and oxygen atoms in total. The summed E-state index contributed by atoms with van der Waals surface area (Å²) in [4.78, 5) is 1.02. The van der Waals surface area contributed by atoms with Crippen LogP contribution in [0.2, 0.25) is 0 Å². The van der Waals surface area contributed by atoms with Gasteiger partial charge in [-0.1, -0.05) is 22.9 Å². The van der Waals surface area contributed by atoms with Gasteiger partial charge in [-0.05, 0) is 26.0 Å². The third-order valence-corrected chi connectivity index (χ3v) is 1.43. The maximum atomic E-state index is 7.39. The van der Waals surface area contributed by atoms with Crippen LogP contribution in [0.1, 0.15) is 12.5 Å². The zero-order valence-corrected chi connectivity index (χ0v) is 8.05. The molecule has 0 fully saturated rings. The van der Waals surface area contributed by atoms with Crippen molar-refractivity contribution in [3.05, 3.63) is 29.8 Å². The van der Waals surface area contributed by atoms with Crippen molar-refractivity contribution in [3.63, 3.8) is 0 Å². The van der Waals surface area contributed by atoms with E-state index in [0.717, 1.165) is 4.90 Å². The predicted molar refractivity (Wildman–Crippen MR) is 53.3 cm³/mol. The molecule has 0 aliphatic carbocycles. The van der Waals surface area contributed by atoms with Crippen molar-refractivity contribution in [1.82, 2.24) is 0 Å². The molecule has 1 radical (unpaired) electrons. The number of nitrogens with zero attached hydrogens (tertiary/aromatic N) is 1. The Bertz CT molecular complexity index is 206. The van der Waals surface area contributed by atoms with Gasteiger partial charge in [0.25, 0.3) is 0 Å². The van der Waals surface area contributed by atoms with Crippen molar-refractivity contribution < 1.29 is 5.21 Å². The Kier molecular flexibility index (Phi) is 6.19. The molecule has 0 amide bonds. The van der Waals surface area contributed by atoms with Crippen molar-refractivity contribution in [2.24, 2.45) is 5.16 Å². The monoisotopic (exact) mass is 182 g/mol. The number of aryl methyl sites for hydroxylation is 1. The fraction of sp³-hybridized carbons (Fsp3) is 0.222. The molecule has 1 aromatic carbocycles. The Balaban J connectivity index is 0.000000261. The Hall–Kier alpha value is -0.960. The molecule has 0 spiro atoms. The molecule has 0 saturated heterocycles. The summed E-state index contributed by atoms with van der Waals surface area (Å²) in [5.41, 5.74) is 1.28. The molecule has 0 heterocycles. The lowest BCUT2D eigenvalue weighted by Gasteiger charge is -1.89. The van der Waals surface area contributed by atoms with Crippen LogP contribution in [0.4, 0.5) is 0 Å². The van der Waals surface area contributed by atoms with E-state index in [1.54, 1.807) is 0 Å². The molecule has 0 bridgehead atoms. The minimum Gasteiger partial charge on any atom is -0.411 e. The highest BCUT2D eigenvalue weighted by molar-refractivity contribution is 7.80. The lowest BCUT2D eigenvalue weighted by Crippen LogP contribution is -1.67. The summed E-state index contributed by atoms with van der Waals surface area (Å²) in [7, 11) is 0. The Morgan fingerprint density at radius 3 is 2.00 bits per heavy atom. The second-order valence-corrected chi connectivity index (χ2v) is 2.68. The van der Waals surface area contributed by atoms with Crippen LogP contribution >= 0.6 is 12.6 Å². The highest BCUT2D eigenvalue weighted by atomic mass is 32.1. The first-order valence-corrected chi connectivity index (χ1v) is 3.92. The van der Waals surface area contributed by atoms with E-state index >= 15 is 0 Å². The summed E-state index contributed by atoms with van der Waals surface area (Å²) in [6, 6.07) is 8.06. The van der Waals surface area contributed by atoms with Crippen molar-refractivity contribution in [1.29, 1.82) is 0 Å². The third-order valence-electron chi connectivity index (χ3n) is 1.13. The Labute approximate surface area is 78.3 Å². The minimum atomic E-state index is 1.02. The molecule has 65 valence electrons. The average molecular weight is 182 g/mol. The van der Waals surface area contributed by atoms with Crippen LogP contribution < -0.4 is 0 Å². The van der Waals surface area contributed by atoms with Crippen molar-refractivity contribution in [2.45, 2.75) is 18.7 Å².